The fourth-order valence-electron chi connectivity index (χ4n) is 2.04. The summed E-state index contributed by atoms with van der Waals surface area (Å²) in [7, 11) is 6.13. The molecule has 0 spiro atoms. The average molecular weight is 358 g/mol. The zero-order valence-electron chi connectivity index (χ0n) is 13.1. The van der Waals surface area contributed by atoms with Crippen molar-refractivity contribution in [2.24, 2.45) is 0 Å². The van der Waals surface area contributed by atoms with E-state index in [9.17, 15) is 9.59 Å². The van der Waals surface area contributed by atoms with E-state index in [1.165, 1.54) is 19.1 Å². The summed E-state index contributed by atoms with van der Waals surface area (Å²) in [5.74, 6) is -0.218. The van der Waals surface area contributed by atoms with Gasteiger partial charge in [-0.1, -0.05) is 15.9 Å². The van der Waals surface area contributed by atoms with E-state index < -0.39 is 11.4 Å². The minimum Gasteiger partial charge on any atom is -0.496 e. The molecule has 1 aromatic carbocycles. The highest BCUT2D eigenvalue weighted by atomic mass is 79.9. The lowest BCUT2D eigenvalue weighted by atomic mass is 9.83. The summed E-state index contributed by atoms with van der Waals surface area (Å²) in [6.07, 6.45) is 0. The Kier molecular flexibility index (Phi) is 5.39. The molecule has 21 heavy (non-hydrogen) atoms. The standard InChI is InChI=1S/C15H20BrNO4/c1-15(2,14(19)21-6)11-8-9(16)7-10(12(11)20-5)13(18)17(3)4/h7-8H,1-6H3. The number of nitrogens with zero attached hydrogens (tertiary/aromatic N) is 1. The zero-order chi connectivity index (χ0) is 16.4. The summed E-state index contributed by atoms with van der Waals surface area (Å²) in [4.78, 5) is 25.8. The molecule has 0 saturated heterocycles. The third-order valence-corrected chi connectivity index (χ3v) is 3.72. The molecule has 0 bridgehead atoms. The average Bonchev–Trinajstić information content (AvgIpc) is 2.44. The van der Waals surface area contributed by atoms with Gasteiger partial charge in [-0.3, -0.25) is 9.59 Å². The molecule has 0 aliphatic rings. The summed E-state index contributed by atoms with van der Waals surface area (Å²) in [5, 5.41) is 0. The van der Waals surface area contributed by atoms with E-state index in [-0.39, 0.29) is 5.91 Å². The molecule has 5 nitrogen and oxygen atoms in total. The predicted octanol–water partition coefficient (Wildman–Crippen LogP) is 2.61. The second kappa shape index (κ2) is 6.47. The molecule has 0 aromatic heterocycles. The van der Waals surface area contributed by atoms with Crippen LogP contribution in [-0.2, 0) is 14.9 Å². The molecule has 0 aliphatic heterocycles. The Hall–Kier alpha value is -1.56. The van der Waals surface area contributed by atoms with Gasteiger partial charge in [-0.2, -0.15) is 0 Å². The van der Waals surface area contributed by atoms with Gasteiger partial charge in [-0.05, 0) is 26.0 Å². The summed E-state index contributed by atoms with van der Waals surface area (Å²) in [6, 6.07) is 3.44. The number of rotatable bonds is 4. The molecule has 0 radical (unpaired) electrons. The van der Waals surface area contributed by atoms with Crippen molar-refractivity contribution in [3.05, 3.63) is 27.7 Å². The summed E-state index contributed by atoms with van der Waals surface area (Å²) in [5.41, 5.74) is 0.0471. The molecule has 1 aromatic rings. The molecule has 0 saturated carbocycles. The first kappa shape index (κ1) is 17.5. The van der Waals surface area contributed by atoms with Crippen molar-refractivity contribution in [3.63, 3.8) is 0 Å². The maximum atomic E-state index is 12.3. The Morgan fingerprint density at radius 2 is 1.76 bits per heavy atom. The third kappa shape index (κ3) is 3.37. The van der Waals surface area contributed by atoms with E-state index in [0.717, 1.165) is 0 Å². The first-order valence-electron chi connectivity index (χ1n) is 6.34. The molecule has 0 aliphatic carbocycles. The van der Waals surface area contributed by atoms with Crippen molar-refractivity contribution < 1.29 is 19.1 Å². The molecular weight excluding hydrogens is 338 g/mol. The number of ether oxygens (including phenoxy) is 2. The lowest BCUT2D eigenvalue weighted by molar-refractivity contribution is -0.146. The molecule has 0 atom stereocenters. The van der Waals surface area contributed by atoms with E-state index in [0.29, 0.717) is 21.3 Å². The SMILES string of the molecule is COC(=O)C(C)(C)c1cc(Br)cc(C(=O)N(C)C)c1OC. The monoisotopic (exact) mass is 357 g/mol. The summed E-state index contributed by atoms with van der Waals surface area (Å²) in [6.45, 7) is 3.46. The minimum atomic E-state index is -0.939. The highest BCUT2D eigenvalue weighted by molar-refractivity contribution is 9.10. The highest BCUT2D eigenvalue weighted by Gasteiger charge is 2.36. The minimum absolute atomic E-state index is 0.199. The molecular formula is C15H20BrNO4. The van der Waals surface area contributed by atoms with Crippen LogP contribution in [0.1, 0.15) is 29.8 Å². The van der Waals surface area contributed by atoms with E-state index in [1.807, 2.05) is 0 Å². The lowest BCUT2D eigenvalue weighted by Crippen LogP contribution is -2.32. The fourth-order valence-corrected chi connectivity index (χ4v) is 2.50. The van der Waals surface area contributed by atoms with E-state index in [2.05, 4.69) is 15.9 Å². The summed E-state index contributed by atoms with van der Waals surface area (Å²) < 4.78 is 11.0. The van der Waals surface area contributed by atoms with Gasteiger partial charge in [0.2, 0.25) is 0 Å². The van der Waals surface area contributed by atoms with E-state index in [4.69, 9.17) is 9.47 Å². The maximum absolute atomic E-state index is 12.3. The van der Waals surface area contributed by atoms with Gasteiger partial charge in [0.25, 0.3) is 5.91 Å². The number of esters is 1. The number of hydrogen-bond acceptors (Lipinski definition) is 4. The van der Waals surface area contributed by atoms with Crippen LogP contribution in [0.25, 0.3) is 0 Å². The van der Waals surface area contributed by atoms with Gasteiger partial charge in [0.05, 0.1) is 25.2 Å². The normalized spacial score (nSPS) is 11.0. The number of carbonyl (C=O) groups excluding carboxylic acids is 2. The number of halogens is 1. The van der Waals surface area contributed by atoms with Crippen LogP contribution >= 0.6 is 15.9 Å². The first-order chi connectivity index (χ1) is 9.66. The van der Waals surface area contributed by atoms with Crippen molar-refractivity contribution in [1.29, 1.82) is 0 Å². The topological polar surface area (TPSA) is 55.8 Å². The Bertz CT molecular complexity index is 567. The molecule has 6 heteroatoms. The highest BCUT2D eigenvalue weighted by Crippen LogP contribution is 2.38. The molecule has 1 rings (SSSR count). The Labute approximate surface area is 133 Å². The summed E-state index contributed by atoms with van der Waals surface area (Å²) >= 11 is 3.38. The van der Waals surface area contributed by atoms with Crippen molar-refractivity contribution in [3.8, 4) is 5.75 Å². The number of hydrogen-bond donors (Lipinski definition) is 0. The molecule has 0 heterocycles. The van der Waals surface area contributed by atoms with Gasteiger partial charge in [-0.15, -0.1) is 0 Å². The second-order valence-electron chi connectivity index (χ2n) is 5.35. The number of carbonyl (C=O) groups is 2. The maximum Gasteiger partial charge on any atom is 0.315 e. The van der Waals surface area contributed by atoms with Crippen molar-refractivity contribution in [1.82, 2.24) is 4.90 Å². The quantitative estimate of drug-likeness (QED) is 0.777. The van der Waals surface area contributed by atoms with Gasteiger partial charge in [0, 0.05) is 24.1 Å². The largest absolute Gasteiger partial charge is 0.496 e. The van der Waals surface area contributed by atoms with Crippen LogP contribution in [0.3, 0.4) is 0 Å². The number of benzene rings is 1. The van der Waals surface area contributed by atoms with Crippen LogP contribution in [0.2, 0.25) is 0 Å². The Morgan fingerprint density at radius 3 is 2.19 bits per heavy atom. The number of amides is 1. The lowest BCUT2D eigenvalue weighted by Gasteiger charge is -2.26. The first-order valence-corrected chi connectivity index (χ1v) is 7.14. The van der Waals surface area contributed by atoms with E-state index >= 15 is 0 Å². The Morgan fingerprint density at radius 1 is 1.19 bits per heavy atom. The van der Waals surface area contributed by atoms with Gasteiger partial charge < -0.3 is 14.4 Å². The molecule has 1 amide bonds. The van der Waals surface area contributed by atoms with Crippen molar-refractivity contribution >= 4 is 27.8 Å². The van der Waals surface area contributed by atoms with Crippen LogP contribution in [0, 0.1) is 0 Å². The number of methoxy groups -OCH3 is 2. The molecule has 116 valence electrons. The third-order valence-electron chi connectivity index (χ3n) is 3.26. The van der Waals surface area contributed by atoms with Gasteiger partial charge in [0.15, 0.2) is 0 Å². The zero-order valence-corrected chi connectivity index (χ0v) is 14.7. The fraction of sp³-hybridized carbons (Fsp3) is 0.467. The van der Waals surface area contributed by atoms with Crippen LogP contribution in [-0.4, -0.2) is 45.1 Å². The van der Waals surface area contributed by atoms with Gasteiger partial charge in [0.1, 0.15) is 5.75 Å². The predicted molar refractivity (Wildman–Crippen MR) is 83.8 cm³/mol. The smallest absolute Gasteiger partial charge is 0.315 e. The van der Waals surface area contributed by atoms with E-state index in [1.54, 1.807) is 40.1 Å². The molecule has 0 unspecified atom stereocenters. The molecule has 0 N–H and O–H groups in total. The van der Waals surface area contributed by atoms with Crippen LogP contribution in [0.15, 0.2) is 16.6 Å². The molecule has 0 fully saturated rings. The van der Waals surface area contributed by atoms with Crippen LogP contribution < -0.4 is 4.74 Å². The second-order valence-corrected chi connectivity index (χ2v) is 6.27. The Balaban J connectivity index is 3.61. The van der Waals surface area contributed by atoms with Crippen molar-refractivity contribution in [2.45, 2.75) is 19.3 Å². The van der Waals surface area contributed by atoms with Crippen LogP contribution in [0.4, 0.5) is 0 Å². The van der Waals surface area contributed by atoms with Gasteiger partial charge >= 0.3 is 5.97 Å². The van der Waals surface area contributed by atoms with Gasteiger partial charge in [-0.25, -0.2) is 0 Å². The van der Waals surface area contributed by atoms with Crippen LogP contribution in [0.5, 0.6) is 5.75 Å². The van der Waals surface area contributed by atoms with Crippen molar-refractivity contribution in [2.75, 3.05) is 28.3 Å².